The summed E-state index contributed by atoms with van der Waals surface area (Å²) in [4.78, 5) is 0. The predicted molar refractivity (Wildman–Crippen MR) is 42.6 cm³/mol. The molecule has 0 aromatic carbocycles. The van der Waals surface area contributed by atoms with Gasteiger partial charge >= 0.3 is 0 Å². The van der Waals surface area contributed by atoms with Crippen molar-refractivity contribution in [2.75, 3.05) is 13.2 Å². The molecule has 0 bridgehead atoms. The monoisotopic (exact) mass is 147 g/mol. The molecule has 0 saturated heterocycles. The highest BCUT2D eigenvalue weighted by Crippen LogP contribution is 2.28. The predicted octanol–water partition coefficient (Wildman–Crippen LogP) is 1.97. The molecule has 0 aromatic rings. The number of nitrogens with two attached hydrogens (primary N) is 1. The summed E-state index contributed by atoms with van der Waals surface area (Å²) in [5.74, 6) is 0.123. The van der Waals surface area contributed by atoms with Crippen LogP contribution in [0.15, 0.2) is 0 Å². The van der Waals surface area contributed by atoms with Crippen LogP contribution in [0, 0.1) is 11.3 Å². The van der Waals surface area contributed by atoms with E-state index in [4.69, 9.17) is 5.73 Å². The highest BCUT2D eigenvalue weighted by atomic mass is 19.1. The van der Waals surface area contributed by atoms with Crippen molar-refractivity contribution < 1.29 is 4.39 Å². The summed E-state index contributed by atoms with van der Waals surface area (Å²) in [6, 6.07) is 0. The van der Waals surface area contributed by atoms with Gasteiger partial charge in [0, 0.05) is 0 Å². The smallest absolute Gasteiger partial charge is 0.0928 e. The molecule has 2 N–H and O–H groups in total. The summed E-state index contributed by atoms with van der Waals surface area (Å²) in [7, 11) is 0. The molecule has 1 nitrogen and oxygen atoms in total. The molecule has 62 valence electrons. The molecule has 1 atom stereocenters. The molecule has 0 spiro atoms. The maximum atomic E-state index is 12.3. The molecule has 10 heavy (non-hydrogen) atoms. The van der Waals surface area contributed by atoms with E-state index in [0.717, 1.165) is 6.42 Å². The fourth-order valence-corrected chi connectivity index (χ4v) is 0.943. The van der Waals surface area contributed by atoms with Gasteiger partial charge in [-0.05, 0) is 24.3 Å². The van der Waals surface area contributed by atoms with Crippen molar-refractivity contribution >= 4 is 0 Å². The minimum atomic E-state index is -0.249. The van der Waals surface area contributed by atoms with E-state index in [-0.39, 0.29) is 18.0 Å². The van der Waals surface area contributed by atoms with Crippen LogP contribution in [0.5, 0.6) is 0 Å². The lowest BCUT2D eigenvalue weighted by molar-refractivity contribution is 0.182. The number of alkyl halides is 1. The second kappa shape index (κ2) is 3.91. The maximum Gasteiger partial charge on any atom is 0.0928 e. The van der Waals surface area contributed by atoms with Crippen molar-refractivity contribution in [1.82, 2.24) is 0 Å². The Bertz CT molecular complexity index is 85.7. The van der Waals surface area contributed by atoms with E-state index in [1.165, 1.54) is 0 Å². The van der Waals surface area contributed by atoms with E-state index in [1.807, 2.05) is 20.8 Å². The van der Waals surface area contributed by atoms with Gasteiger partial charge in [0.2, 0.25) is 0 Å². The molecule has 0 aromatic heterocycles. The number of hydrogen-bond donors (Lipinski definition) is 1. The molecule has 0 heterocycles. The molecule has 0 fully saturated rings. The van der Waals surface area contributed by atoms with Gasteiger partial charge in [-0.1, -0.05) is 20.8 Å². The van der Waals surface area contributed by atoms with Crippen molar-refractivity contribution in [3.05, 3.63) is 0 Å². The molecule has 0 aliphatic heterocycles. The Morgan fingerprint density at radius 2 is 1.90 bits per heavy atom. The first-order valence-corrected chi connectivity index (χ1v) is 3.78. The normalized spacial score (nSPS) is 15.3. The van der Waals surface area contributed by atoms with Gasteiger partial charge < -0.3 is 5.73 Å². The van der Waals surface area contributed by atoms with Crippen molar-refractivity contribution in [2.45, 2.75) is 27.2 Å². The van der Waals surface area contributed by atoms with Crippen LogP contribution in [0.25, 0.3) is 0 Å². The first-order valence-electron chi connectivity index (χ1n) is 3.78. The Morgan fingerprint density at radius 3 is 2.00 bits per heavy atom. The molecule has 2 heteroatoms. The third-order valence-electron chi connectivity index (χ3n) is 1.93. The summed E-state index contributed by atoms with van der Waals surface area (Å²) in [5.41, 5.74) is 5.40. The number of hydrogen-bond acceptors (Lipinski definition) is 1. The standard InChI is InChI=1S/C8H18FN/c1-8(2,3)7(6-9)4-5-10/h7H,4-6,10H2,1-3H3. The van der Waals surface area contributed by atoms with Gasteiger partial charge in [-0.2, -0.15) is 0 Å². The van der Waals surface area contributed by atoms with Gasteiger partial charge in [-0.15, -0.1) is 0 Å². The van der Waals surface area contributed by atoms with E-state index < -0.39 is 0 Å². The van der Waals surface area contributed by atoms with Crippen LogP contribution in [0.2, 0.25) is 0 Å². The lowest BCUT2D eigenvalue weighted by atomic mass is 9.80. The van der Waals surface area contributed by atoms with Crippen LogP contribution in [0.4, 0.5) is 4.39 Å². The van der Waals surface area contributed by atoms with E-state index in [9.17, 15) is 4.39 Å². The number of halogens is 1. The Balaban J connectivity index is 3.81. The van der Waals surface area contributed by atoms with Crippen LogP contribution < -0.4 is 5.73 Å². The van der Waals surface area contributed by atoms with Crippen molar-refractivity contribution in [3.8, 4) is 0 Å². The topological polar surface area (TPSA) is 26.0 Å². The second-order valence-corrected chi connectivity index (χ2v) is 3.79. The van der Waals surface area contributed by atoms with Crippen LogP contribution in [-0.2, 0) is 0 Å². The minimum Gasteiger partial charge on any atom is -0.330 e. The van der Waals surface area contributed by atoms with E-state index >= 15 is 0 Å². The summed E-state index contributed by atoms with van der Waals surface area (Å²) in [5, 5.41) is 0. The van der Waals surface area contributed by atoms with Gasteiger partial charge in [0.25, 0.3) is 0 Å². The van der Waals surface area contributed by atoms with Crippen LogP contribution in [0.3, 0.4) is 0 Å². The van der Waals surface area contributed by atoms with Crippen LogP contribution in [-0.4, -0.2) is 13.2 Å². The Labute approximate surface area is 62.8 Å². The SMILES string of the molecule is CC(C)(C)C(CF)CCN. The molecule has 0 aliphatic carbocycles. The average molecular weight is 147 g/mol. The highest BCUT2D eigenvalue weighted by molar-refractivity contribution is 4.73. The van der Waals surface area contributed by atoms with Gasteiger partial charge in [-0.25, -0.2) is 0 Å². The van der Waals surface area contributed by atoms with Gasteiger partial charge in [-0.3, -0.25) is 4.39 Å². The average Bonchev–Trinajstić information content (AvgIpc) is 1.80. The quantitative estimate of drug-likeness (QED) is 0.649. The molecule has 1 unspecified atom stereocenters. The molecular formula is C8H18FN. The lowest BCUT2D eigenvalue weighted by Gasteiger charge is -2.27. The molecule has 0 amide bonds. The Kier molecular flexibility index (Phi) is 3.87. The fraction of sp³-hybridized carbons (Fsp3) is 1.00. The van der Waals surface area contributed by atoms with Crippen LogP contribution >= 0.6 is 0 Å². The van der Waals surface area contributed by atoms with Gasteiger partial charge in [0.05, 0.1) is 6.67 Å². The summed E-state index contributed by atoms with van der Waals surface area (Å²) < 4.78 is 12.3. The highest BCUT2D eigenvalue weighted by Gasteiger charge is 2.23. The zero-order valence-corrected chi connectivity index (χ0v) is 7.15. The molecule has 0 radical (unpaired) electrons. The van der Waals surface area contributed by atoms with Gasteiger partial charge in [0.1, 0.15) is 0 Å². The first kappa shape index (κ1) is 9.89. The molecular weight excluding hydrogens is 129 g/mol. The van der Waals surface area contributed by atoms with Crippen LogP contribution in [0.1, 0.15) is 27.2 Å². The maximum absolute atomic E-state index is 12.3. The Morgan fingerprint density at radius 1 is 1.40 bits per heavy atom. The van der Waals surface area contributed by atoms with Crippen molar-refractivity contribution in [2.24, 2.45) is 17.1 Å². The lowest BCUT2D eigenvalue weighted by Crippen LogP contribution is -2.24. The van der Waals surface area contributed by atoms with E-state index in [2.05, 4.69) is 0 Å². The zero-order chi connectivity index (χ0) is 8.20. The second-order valence-electron chi connectivity index (χ2n) is 3.79. The largest absolute Gasteiger partial charge is 0.330 e. The number of rotatable bonds is 3. The van der Waals surface area contributed by atoms with Crippen molar-refractivity contribution in [1.29, 1.82) is 0 Å². The Hall–Kier alpha value is -0.110. The van der Waals surface area contributed by atoms with Crippen molar-refractivity contribution in [3.63, 3.8) is 0 Å². The molecule has 0 aliphatic rings. The van der Waals surface area contributed by atoms with E-state index in [1.54, 1.807) is 0 Å². The van der Waals surface area contributed by atoms with E-state index in [0.29, 0.717) is 6.54 Å². The minimum absolute atomic E-state index is 0.0636. The third kappa shape index (κ3) is 3.16. The van der Waals surface area contributed by atoms with Gasteiger partial charge in [0.15, 0.2) is 0 Å². The third-order valence-corrected chi connectivity index (χ3v) is 1.93. The molecule has 0 rings (SSSR count). The zero-order valence-electron chi connectivity index (χ0n) is 7.15. The summed E-state index contributed by atoms with van der Waals surface area (Å²) in [6.07, 6.45) is 0.792. The fourth-order valence-electron chi connectivity index (χ4n) is 0.943. The summed E-state index contributed by atoms with van der Waals surface area (Å²) in [6.45, 7) is 6.49. The first-order chi connectivity index (χ1) is 4.52. The molecule has 0 saturated carbocycles. The summed E-state index contributed by atoms with van der Waals surface area (Å²) >= 11 is 0.